The minimum Gasteiger partial charge on any atom is -0.486 e. The number of halogens is 2. The third-order valence-electron chi connectivity index (χ3n) is 3.57. The van der Waals surface area contributed by atoms with E-state index in [0.29, 0.717) is 29.5 Å². The van der Waals surface area contributed by atoms with Crippen LogP contribution in [0.1, 0.15) is 10.4 Å². The van der Waals surface area contributed by atoms with Crippen LogP contribution < -0.4 is 9.47 Å². The quantitative estimate of drug-likeness (QED) is 0.841. The summed E-state index contributed by atoms with van der Waals surface area (Å²) < 4.78 is 11.5. The van der Waals surface area contributed by atoms with Crippen molar-refractivity contribution in [2.24, 2.45) is 0 Å². The van der Waals surface area contributed by atoms with Gasteiger partial charge in [0.15, 0.2) is 17.6 Å². The first-order valence-electron chi connectivity index (χ1n) is 7.14. The number of likely N-dealkylation sites (N-methyl/N-ethyl adjacent to an activating group) is 1. The summed E-state index contributed by atoms with van der Waals surface area (Å²) in [7, 11) is 1.70. The number of carbonyl (C=O) groups excluding carboxylic acids is 1. The molecule has 0 radical (unpaired) electrons. The summed E-state index contributed by atoms with van der Waals surface area (Å²) >= 11 is 12.1. The number of fused-ring (bicyclic) bond motifs is 1. The van der Waals surface area contributed by atoms with Gasteiger partial charge in [-0.1, -0.05) is 41.4 Å². The third-order valence-corrected chi connectivity index (χ3v) is 4.39. The van der Waals surface area contributed by atoms with E-state index in [1.54, 1.807) is 30.1 Å². The van der Waals surface area contributed by atoms with Gasteiger partial charge < -0.3 is 14.4 Å². The minimum atomic E-state index is -0.239. The number of carbonyl (C=O) groups is 1. The number of nitrogens with zero attached hydrogens (tertiary/aromatic N) is 1. The molecule has 120 valence electrons. The fourth-order valence-corrected chi connectivity index (χ4v) is 2.80. The summed E-state index contributed by atoms with van der Waals surface area (Å²) in [6.07, 6.45) is -0.239. The Morgan fingerprint density at radius 1 is 1.17 bits per heavy atom. The van der Waals surface area contributed by atoms with Crippen LogP contribution in [0, 0.1) is 0 Å². The monoisotopic (exact) mass is 351 g/mol. The summed E-state index contributed by atoms with van der Waals surface area (Å²) in [6, 6.07) is 12.5. The van der Waals surface area contributed by atoms with Gasteiger partial charge in [-0.05, 0) is 24.3 Å². The topological polar surface area (TPSA) is 38.8 Å². The molecule has 0 aromatic heterocycles. The van der Waals surface area contributed by atoms with Crippen molar-refractivity contribution in [2.75, 3.05) is 20.2 Å². The number of benzene rings is 2. The molecular formula is C17H15Cl2NO3. The molecule has 0 N–H and O–H groups in total. The standard InChI is InChI=1S/C17H15Cl2NO3/c1-20(17(21)12-5-4-6-13(18)16(12)19)9-11-10-22-14-7-2-3-8-15(14)23-11/h2-8,11H,9-10H2,1H3. The molecule has 1 heterocycles. The van der Waals surface area contributed by atoms with Crippen LogP contribution in [0.25, 0.3) is 0 Å². The zero-order valence-electron chi connectivity index (χ0n) is 12.5. The van der Waals surface area contributed by atoms with E-state index in [0.717, 1.165) is 5.75 Å². The van der Waals surface area contributed by atoms with Crippen LogP contribution in [0.4, 0.5) is 0 Å². The van der Waals surface area contributed by atoms with Crippen LogP contribution in [0.2, 0.25) is 10.0 Å². The van der Waals surface area contributed by atoms with Gasteiger partial charge >= 0.3 is 0 Å². The Hall–Kier alpha value is -1.91. The molecule has 1 atom stereocenters. The molecule has 6 heteroatoms. The lowest BCUT2D eigenvalue weighted by molar-refractivity contribution is 0.0521. The van der Waals surface area contributed by atoms with E-state index in [-0.39, 0.29) is 17.0 Å². The fraction of sp³-hybridized carbons (Fsp3) is 0.235. The molecule has 2 aromatic carbocycles. The van der Waals surface area contributed by atoms with Gasteiger partial charge in [0.05, 0.1) is 22.2 Å². The minimum absolute atomic E-state index is 0.208. The number of ether oxygens (including phenoxy) is 2. The van der Waals surface area contributed by atoms with E-state index >= 15 is 0 Å². The van der Waals surface area contributed by atoms with E-state index in [1.807, 2.05) is 24.3 Å². The molecule has 1 amide bonds. The van der Waals surface area contributed by atoms with Gasteiger partial charge in [-0.25, -0.2) is 0 Å². The normalized spacial score (nSPS) is 16.0. The second kappa shape index (κ2) is 6.69. The molecule has 0 spiro atoms. The van der Waals surface area contributed by atoms with Crippen molar-refractivity contribution >= 4 is 29.1 Å². The lowest BCUT2D eigenvalue weighted by Crippen LogP contribution is -2.41. The van der Waals surface area contributed by atoms with Gasteiger partial charge in [-0.2, -0.15) is 0 Å². The Labute approximate surface area is 144 Å². The molecule has 23 heavy (non-hydrogen) atoms. The molecule has 1 unspecified atom stereocenters. The SMILES string of the molecule is CN(CC1COc2ccccc2O1)C(=O)c1cccc(Cl)c1Cl. The highest BCUT2D eigenvalue weighted by Gasteiger charge is 2.25. The van der Waals surface area contributed by atoms with Gasteiger partial charge in [0.1, 0.15) is 6.61 Å². The van der Waals surface area contributed by atoms with Crippen LogP contribution in [0.3, 0.4) is 0 Å². The first-order valence-corrected chi connectivity index (χ1v) is 7.90. The molecule has 1 aliphatic rings. The van der Waals surface area contributed by atoms with Gasteiger partial charge in [-0.3, -0.25) is 4.79 Å². The first-order chi connectivity index (χ1) is 11.1. The summed E-state index contributed by atoms with van der Waals surface area (Å²) in [6.45, 7) is 0.772. The van der Waals surface area contributed by atoms with Gasteiger partial charge in [0.25, 0.3) is 5.91 Å². The Balaban J connectivity index is 1.69. The molecular weight excluding hydrogens is 337 g/mol. The summed E-state index contributed by atoms with van der Waals surface area (Å²) in [5.41, 5.74) is 0.374. The Bertz CT molecular complexity index is 736. The highest BCUT2D eigenvalue weighted by atomic mass is 35.5. The number of rotatable bonds is 3. The molecule has 4 nitrogen and oxygen atoms in total. The average molecular weight is 352 g/mol. The van der Waals surface area contributed by atoms with Crippen molar-refractivity contribution in [3.8, 4) is 11.5 Å². The summed E-state index contributed by atoms with van der Waals surface area (Å²) in [4.78, 5) is 14.1. The van der Waals surface area contributed by atoms with Crippen molar-refractivity contribution in [3.63, 3.8) is 0 Å². The molecule has 0 aliphatic carbocycles. The second-order valence-electron chi connectivity index (χ2n) is 5.28. The molecule has 0 fully saturated rings. The van der Waals surface area contributed by atoms with Gasteiger partial charge in [-0.15, -0.1) is 0 Å². The Kier molecular flexibility index (Phi) is 4.64. The maximum atomic E-state index is 12.5. The van der Waals surface area contributed by atoms with Crippen molar-refractivity contribution in [2.45, 2.75) is 6.10 Å². The predicted molar refractivity (Wildman–Crippen MR) is 89.8 cm³/mol. The molecule has 0 saturated carbocycles. The van der Waals surface area contributed by atoms with Crippen molar-refractivity contribution in [3.05, 3.63) is 58.1 Å². The van der Waals surface area contributed by atoms with Crippen molar-refractivity contribution < 1.29 is 14.3 Å². The van der Waals surface area contributed by atoms with Gasteiger partial charge in [0, 0.05) is 7.05 Å². The second-order valence-corrected chi connectivity index (χ2v) is 6.07. The highest BCUT2D eigenvalue weighted by Crippen LogP contribution is 2.31. The zero-order chi connectivity index (χ0) is 16.4. The Morgan fingerprint density at radius 3 is 2.70 bits per heavy atom. The van der Waals surface area contributed by atoms with Crippen molar-refractivity contribution in [1.82, 2.24) is 4.90 Å². The number of para-hydroxylation sites is 2. The maximum Gasteiger partial charge on any atom is 0.255 e. The van der Waals surface area contributed by atoms with E-state index in [2.05, 4.69) is 0 Å². The largest absolute Gasteiger partial charge is 0.486 e. The molecule has 0 bridgehead atoms. The number of amides is 1. The van der Waals surface area contributed by atoms with Gasteiger partial charge in [0.2, 0.25) is 0 Å². The maximum absolute atomic E-state index is 12.5. The third kappa shape index (κ3) is 3.38. The summed E-state index contributed by atoms with van der Waals surface area (Å²) in [5.74, 6) is 1.20. The van der Waals surface area contributed by atoms with Crippen LogP contribution in [0.15, 0.2) is 42.5 Å². The fourth-order valence-electron chi connectivity index (χ4n) is 2.42. The number of hydrogen-bond donors (Lipinski definition) is 0. The predicted octanol–water partition coefficient (Wildman–Crippen LogP) is 3.91. The van der Waals surface area contributed by atoms with E-state index in [1.165, 1.54) is 0 Å². The lowest BCUT2D eigenvalue weighted by atomic mass is 10.2. The van der Waals surface area contributed by atoms with E-state index in [9.17, 15) is 4.79 Å². The van der Waals surface area contributed by atoms with Crippen LogP contribution >= 0.6 is 23.2 Å². The highest BCUT2D eigenvalue weighted by molar-refractivity contribution is 6.43. The summed E-state index contributed by atoms with van der Waals surface area (Å²) in [5, 5.41) is 0.620. The zero-order valence-corrected chi connectivity index (χ0v) is 14.0. The molecule has 3 rings (SSSR count). The van der Waals surface area contributed by atoms with Crippen LogP contribution in [-0.2, 0) is 0 Å². The lowest BCUT2D eigenvalue weighted by Gasteiger charge is -2.29. The Morgan fingerprint density at radius 2 is 1.91 bits per heavy atom. The molecule has 2 aromatic rings. The van der Waals surface area contributed by atoms with E-state index in [4.69, 9.17) is 32.7 Å². The average Bonchev–Trinajstić information content (AvgIpc) is 2.56. The molecule has 0 saturated heterocycles. The van der Waals surface area contributed by atoms with Crippen LogP contribution in [-0.4, -0.2) is 37.1 Å². The first kappa shape index (κ1) is 16.0. The van der Waals surface area contributed by atoms with Crippen LogP contribution in [0.5, 0.6) is 11.5 Å². The molecule has 1 aliphatic heterocycles. The smallest absolute Gasteiger partial charge is 0.255 e. The number of hydrogen-bond acceptors (Lipinski definition) is 3. The van der Waals surface area contributed by atoms with Crippen molar-refractivity contribution in [1.29, 1.82) is 0 Å². The van der Waals surface area contributed by atoms with E-state index < -0.39 is 0 Å².